The van der Waals surface area contributed by atoms with Crippen molar-refractivity contribution in [3.8, 4) is 0 Å². The average Bonchev–Trinajstić information content (AvgIpc) is 2.64. The standard InChI is InChI=1S/C11H13N5O2/c1-7(17)14-15-10(18)6-16-9-5-3-2-4-8(9)13-11(16)12/h2-5H,6H2,1H3,(H2,12,13)(H,14,17)(H,15,18). The molecule has 0 spiro atoms. The molecule has 0 aliphatic heterocycles. The summed E-state index contributed by atoms with van der Waals surface area (Å²) >= 11 is 0. The number of imidazole rings is 1. The Hall–Kier alpha value is -2.57. The first-order valence-electron chi connectivity index (χ1n) is 5.34. The minimum Gasteiger partial charge on any atom is -0.369 e. The van der Waals surface area contributed by atoms with E-state index in [0.29, 0.717) is 0 Å². The average molecular weight is 247 g/mol. The Morgan fingerprint density at radius 3 is 2.78 bits per heavy atom. The molecule has 2 aromatic rings. The van der Waals surface area contributed by atoms with Crippen molar-refractivity contribution in [2.75, 3.05) is 5.73 Å². The molecule has 0 fully saturated rings. The summed E-state index contributed by atoms with van der Waals surface area (Å²) < 4.78 is 1.58. The highest BCUT2D eigenvalue weighted by atomic mass is 16.2. The fourth-order valence-corrected chi connectivity index (χ4v) is 1.60. The number of anilines is 1. The number of nitrogens with zero attached hydrogens (tertiary/aromatic N) is 2. The lowest BCUT2D eigenvalue weighted by Gasteiger charge is -2.07. The molecule has 0 bridgehead atoms. The van der Waals surface area contributed by atoms with Crippen LogP contribution in [0.1, 0.15) is 6.92 Å². The molecule has 0 saturated carbocycles. The lowest BCUT2D eigenvalue weighted by molar-refractivity contribution is -0.128. The van der Waals surface area contributed by atoms with Crippen LogP contribution in [0.15, 0.2) is 24.3 Å². The number of carbonyl (C=O) groups is 2. The quantitative estimate of drug-likeness (QED) is 0.639. The Bertz CT molecular complexity index is 604. The number of fused-ring (bicyclic) bond motifs is 1. The maximum Gasteiger partial charge on any atom is 0.258 e. The lowest BCUT2D eigenvalue weighted by atomic mass is 10.3. The van der Waals surface area contributed by atoms with Crippen molar-refractivity contribution < 1.29 is 9.59 Å². The van der Waals surface area contributed by atoms with Crippen molar-refractivity contribution in [2.45, 2.75) is 13.5 Å². The molecule has 7 heteroatoms. The van der Waals surface area contributed by atoms with E-state index < -0.39 is 0 Å². The first-order valence-corrected chi connectivity index (χ1v) is 5.34. The van der Waals surface area contributed by atoms with Crippen molar-refractivity contribution in [3.63, 3.8) is 0 Å². The number of carbonyl (C=O) groups excluding carboxylic acids is 2. The van der Waals surface area contributed by atoms with E-state index in [1.165, 1.54) is 6.92 Å². The van der Waals surface area contributed by atoms with Crippen LogP contribution in [-0.4, -0.2) is 21.4 Å². The zero-order chi connectivity index (χ0) is 13.1. The Kier molecular flexibility index (Phi) is 3.13. The third kappa shape index (κ3) is 2.40. The highest BCUT2D eigenvalue weighted by Crippen LogP contribution is 2.16. The predicted molar refractivity (Wildman–Crippen MR) is 66.1 cm³/mol. The largest absolute Gasteiger partial charge is 0.369 e. The number of hydrogen-bond acceptors (Lipinski definition) is 4. The Morgan fingerprint density at radius 2 is 2.06 bits per heavy atom. The predicted octanol–water partition coefficient (Wildman–Crippen LogP) is -0.214. The molecule has 0 radical (unpaired) electrons. The molecule has 0 saturated heterocycles. The first kappa shape index (κ1) is 11.9. The summed E-state index contributed by atoms with van der Waals surface area (Å²) in [7, 11) is 0. The van der Waals surface area contributed by atoms with E-state index in [2.05, 4.69) is 15.8 Å². The molecule has 1 aromatic carbocycles. The summed E-state index contributed by atoms with van der Waals surface area (Å²) in [6.45, 7) is 1.30. The molecular formula is C11H13N5O2. The van der Waals surface area contributed by atoms with Gasteiger partial charge in [-0.05, 0) is 12.1 Å². The number of rotatable bonds is 2. The van der Waals surface area contributed by atoms with Crippen LogP contribution in [0.25, 0.3) is 11.0 Å². The number of hydrogen-bond donors (Lipinski definition) is 3. The molecule has 7 nitrogen and oxygen atoms in total. The summed E-state index contributed by atoms with van der Waals surface area (Å²) in [6.07, 6.45) is 0. The van der Waals surface area contributed by atoms with Crippen LogP contribution in [0.3, 0.4) is 0 Å². The molecule has 1 heterocycles. The number of para-hydroxylation sites is 2. The van der Waals surface area contributed by atoms with Gasteiger partial charge < -0.3 is 10.3 Å². The molecule has 0 atom stereocenters. The summed E-state index contributed by atoms with van der Waals surface area (Å²) in [4.78, 5) is 26.4. The highest BCUT2D eigenvalue weighted by Gasteiger charge is 2.11. The van der Waals surface area contributed by atoms with E-state index in [1.54, 1.807) is 4.57 Å². The molecule has 2 amide bonds. The molecule has 2 rings (SSSR count). The smallest absolute Gasteiger partial charge is 0.258 e. The van der Waals surface area contributed by atoms with Crippen molar-refractivity contribution in [1.29, 1.82) is 0 Å². The summed E-state index contributed by atoms with van der Waals surface area (Å²) in [5, 5.41) is 0. The van der Waals surface area contributed by atoms with Crippen LogP contribution in [0.5, 0.6) is 0 Å². The molecule has 0 unspecified atom stereocenters. The fraction of sp³-hybridized carbons (Fsp3) is 0.182. The van der Waals surface area contributed by atoms with Crippen molar-refractivity contribution in [3.05, 3.63) is 24.3 Å². The second kappa shape index (κ2) is 4.74. The highest BCUT2D eigenvalue weighted by molar-refractivity contribution is 5.84. The van der Waals surface area contributed by atoms with Gasteiger partial charge in [-0.3, -0.25) is 20.4 Å². The minimum atomic E-state index is -0.375. The second-order valence-electron chi connectivity index (χ2n) is 3.77. The van der Waals surface area contributed by atoms with Crippen LogP contribution in [0.4, 0.5) is 5.95 Å². The molecule has 18 heavy (non-hydrogen) atoms. The minimum absolute atomic E-state index is 0.00731. The maximum atomic E-state index is 11.6. The number of hydrazine groups is 1. The van der Waals surface area contributed by atoms with E-state index >= 15 is 0 Å². The third-order valence-electron chi connectivity index (χ3n) is 2.36. The van der Waals surface area contributed by atoms with Crippen molar-refractivity contribution in [2.24, 2.45) is 0 Å². The van der Waals surface area contributed by atoms with Crippen LogP contribution in [0.2, 0.25) is 0 Å². The molecular weight excluding hydrogens is 234 g/mol. The van der Waals surface area contributed by atoms with Gasteiger partial charge in [0.05, 0.1) is 11.0 Å². The number of benzene rings is 1. The summed E-state index contributed by atoms with van der Waals surface area (Å²) in [5.74, 6) is -0.457. The van der Waals surface area contributed by atoms with Crippen LogP contribution >= 0.6 is 0 Å². The summed E-state index contributed by atoms with van der Waals surface area (Å²) in [6, 6.07) is 7.32. The van der Waals surface area contributed by atoms with E-state index in [1.807, 2.05) is 24.3 Å². The zero-order valence-electron chi connectivity index (χ0n) is 9.80. The molecule has 0 aliphatic carbocycles. The van der Waals surface area contributed by atoms with E-state index in [-0.39, 0.29) is 24.3 Å². The third-order valence-corrected chi connectivity index (χ3v) is 2.36. The molecule has 0 aliphatic rings. The van der Waals surface area contributed by atoms with Gasteiger partial charge in [0.15, 0.2) is 0 Å². The fourth-order valence-electron chi connectivity index (χ4n) is 1.60. The van der Waals surface area contributed by atoms with Crippen LogP contribution < -0.4 is 16.6 Å². The van der Waals surface area contributed by atoms with Gasteiger partial charge in [0.2, 0.25) is 11.9 Å². The van der Waals surface area contributed by atoms with Gasteiger partial charge in [-0.2, -0.15) is 0 Å². The number of nitrogen functional groups attached to an aromatic ring is 1. The van der Waals surface area contributed by atoms with Gasteiger partial charge in [-0.1, -0.05) is 12.1 Å². The van der Waals surface area contributed by atoms with Gasteiger partial charge in [-0.15, -0.1) is 0 Å². The van der Waals surface area contributed by atoms with E-state index in [9.17, 15) is 9.59 Å². The van der Waals surface area contributed by atoms with Crippen LogP contribution in [-0.2, 0) is 16.1 Å². The Morgan fingerprint density at radius 1 is 1.33 bits per heavy atom. The monoisotopic (exact) mass is 247 g/mol. The first-order chi connectivity index (χ1) is 8.58. The summed E-state index contributed by atoms with van der Waals surface area (Å²) in [5.41, 5.74) is 11.7. The zero-order valence-corrected chi connectivity index (χ0v) is 9.80. The number of nitrogens with one attached hydrogen (secondary N) is 2. The van der Waals surface area contributed by atoms with Gasteiger partial charge in [0.1, 0.15) is 6.54 Å². The topological polar surface area (TPSA) is 102 Å². The maximum absolute atomic E-state index is 11.6. The Balaban J connectivity index is 2.18. The molecule has 4 N–H and O–H groups in total. The normalized spacial score (nSPS) is 10.3. The van der Waals surface area contributed by atoms with Gasteiger partial charge in [0, 0.05) is 6.92 Å². The number of aromatic nitrogens is 2. The van der Waals surface area contributed by atoms with Gasteiger partial charge in [-0.25, -0.2) is 4.98 Å². The second-order valence-corrected chi connectivity index (χ2v) is 3.77. The molecule has 94 valence electrons. The SMILES string of the molecule is CC(=O)NNC(=O)Cn1c(N)nc2ccccc21. The van der Waals surface area contributed by atoms with Crippen molar-refractivity contribution >= 4 is 28.8 Å². The Labute approximate surface area is 103 Å². The lowest BCUT2D eigenvalue weighted by Crippen LogP contribution is -2.42. The van der Waals surface area contributed by atoms with E-state index in [0.717, 1.165) is 11.0 Å². The number of nitrogens with two attached hydrogens (primary N) is 1. The van der Waals surface area contributed by atoms with Crippen molar-refractivity contribution in [1.82, 2.24) is 20.4 Å². The van der Waals surface area contributed by atoms with Gasteiger partial charge >= 0.3 is 0 Å². The number of amides is 2. The van der Waals surface area contributed by atoms with E-state index in [4.69, 9.17) is 5.73 Å². The molecule has 1 aromatic heterocycles. The van der Waals surface area contributed by atoms with Gasteiger partial charge in [0.25, 0.3) is 5.91 Å². The van der Waals surface area contributed by atoms with Crippen LogP contribution in [0, 0.1) is 0 Å².